The number of ether oxygens (including phenoxy) is 1. The van der Waals surface area contributed by atoms with Crippen molar-refractivity contribution in [1.82, 2.24) is 10.2 Å². The lowest BCUT2D eigenvalue weighted by Gasteiger charge is -2.00. The third-order valence-corrected chi connectivity index (χ3v) is 1.28. The molecule has 0 fully saturated rings. The van der Waals surface area contributed by atoms with Gasteiger partial charge in [0.2, 0.25) is 0 Å². The molecule has 0 saturated carbocycles. The molecule has 11 heavy (non-hydrogen) atoms. The second kappa shape index (κ2) is 3.88. The molecule has 1 N–H and O–H groups in total. The summed E-state index contributed by atoms with van der Waals surface area (Å²) in [6.45, 7) is 0.574. The molecule has 0 aliphatic rings. The van der Waals surface area contributed by atoms with Crippen molar-refractivity contribution in [2.45, 2.75) is 6.61 Å². The van der Waals surface area contributed by atoms with Gasteiger partial charge in [0.25, 0.3) is 0 Å². The molecule has 0 aromatic carbocycles. The van der Waals surface area contributed by atoms with Crippen LogP contribution in [0.15, 0.2) is 12.3 Å². The summed E-state index contributed by atoms with van der Waals surface area (Å²) in [7, 11) is 3.46. The fourth-order valence-electron chi connectivity index (χ4n) is 0.775. The highest BCUT2D eigenvalue weighted by Gasteiger charge is 1.94. The molecule has 1 aromatic rings. The minimum Gasteiger partial charge on any atom is -0.380 e. The van der Waals surface area contributed by atoms with Crippen molar-refractivity contribution in [3.63, 3.8) is 0 Å². The van der Waals surface area contributed by atoms with E-state index in [1.54, 1.807) is 20.4 Å². The van der Waals surface area contributed by atoms with Gasteiger partial charge in [0.05, 0.1) is 12.8 Å². The fraction of sp³-hybridized carbons (Fsp3) is 0.429. The summed E-state index contributed by atoms with van der Waals surface area (Å²) in [5.74, 6) is 0.763. The summed E-state index contributed by atoms with van der Waals surface area (Å²) in [6.07, 6.45) is 1.68. The highest BCUT2D eigenvalue weighted by atomic mass is 16.5. The van der Waals surface area contributed by atoms with Gasteiger partial charge in [-0.05, 0) is 6.07 Å². The Balaban J connectivity index is 2.74. The van der Waals surface area contributed by atoms with Crippen molar-refractivity contribution < 1.29 is 4.74 Å². The van der Waals surface area contributed by atoms with E-state index >= 15 is 0 Å². The zero-order valence-electron chi connectivity index (χ0n) is 6.66. The largest absolute Gasteiger partial charge is 0.380 e. The van der Waals surface area contributed by atoms with Gasteiger partial charge in [-0.15, -0.1) is 5.10 Å². The first kappa shape index (κ1) is 7.94. The minimum absolute atomic E-state index is 0.574. The molecule has 1 rings (SSSR count). The van der Waals surface area contributed by atoms with Gasteiger partial charge in [-0.25, -0.2) is 0 Å². The molecular formula is C7H11N3O. The van der Waals surface area contributed by atoms with Gasteiger partial charge in [-0.2, -0.15) is 5.10 Å². The van der Waals surface area contributed by atoms with Crippen LogP contribution in [0.3, 0.4) is 0 Å². The molecule has 1 heterocycles. The van der Waals surface area contributed by atoms with Crippen LogP contribution in [-0.2, 0) is 11.3 Å². The second-order valence-corrected chi connectivity index (χ2v) is 2.13. The molecule has 0 bridgehead atoms. The first-order valence-electron chi connectivity index (χ1n) is 3.35. The normalized spacial score (nSPS) is 9.64. The number of aromatic nitrogens is 2. The van der Waals surface area contributed by atoms with Gasteiger partial charge in [-0.3, -0.25) is 0 Å². The van der Waals surface area contributed by atoms with E-state index in [-0.39, 0.29) is 0 Å². The number of hydrogen-bond acceptors (Lipinski definition) is 4. The van der Waals surface area contributed by atoms with Gasteiger partial charge in [0.1, 0.15) is 5.82 Å². The lowest BCUT2D eigenvalue weighted by molar-refractivity contribution is 0.184. The molecule has 4 nitrogen and oxygen atoms in total. The van der Waals surface area contributed by atoms with Crippen molar-refractivity contribution >= 4 is 5.82 Å². The van der Waals surface area contributed by atoms with E-state index in [9.17, 15) is 0 Å². The number of nitrogens with zero attached hydrogens (tertiary/aromatic N) is 2. The van der Waals surface area contributed by atoms with Gasteiger partial charge in [-0.1, -0.05) is 0 Å². The molecule has 60 valence electrons. The molecule has 0 atom stereocenters. The van der Waals surface area contributed by atoms with Crippen LogP contribution < -0.4 is 5.32 Å². The van der Waals surface area contributed by atoms with Crippen LogP contribution in [0.5, 0.6) is 0 Å². The van der Waals surface area contributed by atoms with Crippen molar-refractivity contribution in [3.8, 4) is 0 Å². The zero-order chi connectivity index (χ0) is 8.10. The molecule has 0 aliphatic carbocycles. The van der Waals surface area contributed by atoms with Crippen molar-refractivity contribution in [2.75, 3.05) is 19.5 Å². The number of anilines is 1. The van der Waals surface area contributed by atoms with Crippen molar-refractivity contribution in [3.05, 3.63) is 17.8 Å². The Kier molecular flexibility index (Phi) is 2.80. The summed E-state index contributed by atoms with van der Waals surface area (Å²) in [5.41, 5.74) is 1.02. The van der Waals surface area contributed by atoms with E-state index < -0.39 is 0 Å². The molecule has 0 amide bonds. The average molecular weight is 153 g/mol. The number of hydrogen-bond donors (Lipinski definition) is 1. The van der Waals surface area contributed by atoms with Gasteiger partial charge in [0, 0.05) is 19.7 Å². The Morgan fingerprint density at radius 2 is 2.45 bits per heavy atom. The van der Waals surface area contributed by atoms with Crippen LogP contribution >= 0.6 is 0 Å². The van der Waals surface area contributed by atoms with Crippen LogP contribution in [0.4, 0.5) is 5.82 Å². The van der Waals surface area contributed by atoms with E-state index in [1.165, 1.54) is 0 Å². The standard InChI is InChI=1S/C7H11N3O/c1-8-7-3-6(5-11-2)4-9-10-7/h3-4H,5H2,1-2H3,(H,8,10). The number of nitrogens with one attached hydrogen (secondary N) is 1. The second-order valence-electron chi connectivity index (χ2n) is 2.13. The quantitative estimate of drug-likeness (QED) is 0.693. The minimum atomic E-state index is 0.574. The predicted molar refractivity (Wildman–Crippen MR) is 42.3 cm³/mol. The predicted octanol–water partition coefficient (Wildman–Crippen LogP) is 0.665. The van der Waals surface area contributed by atoms with Gasteiger partial charge >= 0.3 is 0 Å². The molecule has 0 unspecified atom stereocenters. The maximum absolute atomic E-state index is 4.93. The Labute approximate surface area is 65.6 Å². The van der Waals surface area contributed by atoms with Crippen molar-refractivity contribution in [2.24, 2.45) is 0 Å². The first-order valence-corrected chi connectivity index (χ1v) is 3.35. The summed E-state index contributed by atoms with van der Waals surface area (Å²) >= 11 is 0. The Hall–Kier alpha value is -1.16. The van der Waals surface area contributed by atoms with Crippen LogP contribution in [-0.4, -0.2) is 24.4 Å². The average Bonchev–Trinajstić information content (AvgIpc) is 2.06. The summed E-state index contributed by atoms with van der Waals surface area (Å²) < 4.78 is 4.93. The van der Waals surface area contributed by atoms with E-state index in [0.29, 0.717) is 6.61 Å². The Bertz CT molecular complexity index is 227. The van der Waals surface area contributed by atoms with E-state index in [0.717, 1.165) is 11.4 Å². The van der Waals surface area contributed by atoms with Crippen molar-refractivity contribution in [1.29, 1.82) is 0 Å². The van der Waals surface area contributed by atoms with Gasteiger partial charge in [0.15, 0.2) is 0 Å². The lowest BCUT2D eigenvalue weighted by atomic mass is 10.3. The lowest BCUT2D eigenvalue weighted by Crippen LogP contribution is -1.97. The monoisotopic (exact) mass is 153 g/mol. The van der Waals surface area contributed by atoms with Gasteiger partial charge < -0.3 is 10.1 Å². The topological polar surface area (TPSA) is 47.0 Å². The van der Waals surface area contributed by atoms with Crippen LogP contribution in [0.25, 0.3) is 0 Å². The Morgan fingerprint density at radius 1 is 1.64 bits per heavy atom. The summed E-state index contributed by atoms with van der Waals surface area (Å²) in [5, 5.41) is 10.5. The van der Waals surface area contributed by atoms with E-state index in [2.05, 4.69) is 15.5 Å². The molecule has 1 aromatic heterocycles. The first-order chi connectivity index (χ1) is 5.36. The van der Waals surface area contributed by atoms with Crippen LogP contribution in [0, 0.1) is 0 Å². The molecule has 4 heteroatoms. The molecule has 0 saturated heterocycles. The highest BCUT2D eigenvalue weighted by Crippen LogP contribution is 2.03. The SMILES string of the molecule is CNc1cc(COC)cnn1. The Morgan fingerprint density at radius 3 is 3.09 bits per heavy atom. The third-order valence-electron chi connectivity index (χ3n) is 1.28. The molecular weight excluding hydrogens is 142 g/mol. The van der Waals surface area contributed by atoms with E-state index in [4.69, 9.17) is 4.74 Å². The smallest absolute Gasteiger partial charge is 0.148 e. The van der Waals surface area contributed by atoms with Crippen LogP contribution in [0.2, 0.25) is 0 Å². The maximum atomic E-state index is 4.93. The maximum Gasteiger partial charge on any atom is 0.148 e. The number of methoxy groups -OCH3 is 1. The number of rotatable bonds is 3. The third kappa shape index (κ3) is 2.16. The molecule has 0 aliphatic heterocycles. The molecule has 0 radical (unpaired) electrons. The summed E-state index contributed by atoms with van der Waals surface area (Å²) in [4.78, 5) is 0. The van der Waals surface area contributed by atoms with E-state index in [1.807, 2.05) is 6.07 Å². The zero-order valence-corrected chi connectivity index (χ0v) is 6.66. The summed E-state index contributed by atoms with van der Waals surface area (Å²) in [6, 6.07) is 1.90. The highest BCUT2D eigenvalue weighted by molar-refractivity contribution is 5.34. The fourth-order valence-corrected chi connectivity index (χ4v) is 0.775. The molecule has 0 spiro atoms. The van der Waals surface area contributed by atoms with Crippen LogP contribution in [0.1, 0.15) is 5.56 Å².